The van der Waals surface area contributed by atoms with Gasteiger partial charge in [-0.25, -0.2) is 4.90 Å². The molecule has 0 aromatic heterocycles. The van der Waals surface area contributed by atoms with E-state index in [2.05, 4.69) is 17.4 Å². The number of hydrogen-bond donors (Lipinski definition) is 1. The van der Waals surface area contributed by atoms with E-state index in [0.717, 1.165) is 24.0 Å². The topological polar surface area (TPSA) is 94.2 Å². The average Bonchev–Trinajstić information content (AvgIpc) is 3.24. The lowest BCUT2D eigenvalue weighted by Crippen LogP contribution is -2.50. The molecule has 37 heavy (non-hydrogen) atoms. The summed E-state index contributed by atoms with van der Waals surface area (Å²) in [6.45, 7) is 7.80. The van der Waals surface area contributed by atoms with Crippen molar-refractivity contribution in [2.24, 2.45) is 0 Å². The Bertz CT molecular complexity index is 1160. The Labute approximate surface area is 218 Å². The molecule has 0 saturated carbocycles. The molecule has 0 unspecified atom stereocenters. The van der Waals surface area contributed by atoms with E-state index in [0.29, 0.717) is 6.42 Å². The molecule has 0 aliphatic carbocycles. The summed E-state index contributed by atoms with van der Waals surface area (Å²) >= 11 is 0. The van der Waals surface area contributed by atoms with Crippen LogP contribution in [-0.4, -0.2) is 54.0 Å². The molecule has 2 aliphatic heterocycles. The smallest absolute Gasteiger partial charge is 0.481 e. The van der Waals surface area contributed by atoms with Crippen molar-refractivity contribution >= 4 is 24.8 Å². The van der Waals surface area contributed by atoms with Crippen molar-refractivity contribution in [2.75, 3.05) is 7.11 Å². The van der Waals surface area contributed by atoms with Crippen LogP contribution in [0.15, 0.2) is 66.6 Å². The Morgan fingerprint density at radius 2 is 1.51 bits per heavy atom. The molecule has 2 aromatic carbocycles. The van der Waals surface area contributed by atoms with Crippen LogP contribution in [0.3, 0.4) is 0 Å². The summed E-state index contributed by atoms with van der Waals surface area (Å²) in [7, 11) is 0.646. The molecule has 2 aromatic rings. The zero-order chi connectivity index (χ0) is 26.8. The van der Waals surface area contributed by atoms with Gasteiger partial charge < -0.3 is 19.4 Å². The number of ether oxygens (including phenoxy) is 1. The fraction of sp³-hybridized carbons (Fsp3) is 0.393. The predicted molar refractivity (Wildman–Crippen MR) is 139 cm³/mol. The molecule has 8 nitrogen and oxygen atoms in total. The summed E-state index contributed by atoms with van der Waals surface area (Å²) in [5, 5.41) is 2.97. The molecule has 194 valence electrons. The van der Waals surface area contributed by atoms with Crippen LogP contribution in [0.5, 0.6) is 0 Å². The largest absolute Gasteiger partial charge is 0.502 e. The molecular formula is C28H33BN2O6. The fourth-order valence-electron chi connectivity index (χ4n) is 4.47. The third-order valence-electron chi connectivity index (χ3n) is 7.24. The van der Waals surface area contributed by atoms with Gasteiger partial charge in [-0.2, -0.15) is 0 Å². The fourth-order valence-corrected chi connectivity index (χ4v) is 4.47. The van der Waals surface area contributed by atoms with Crippen molar-refractivity contribution in [1.82, 2.24) is 10.2 Å². The van der Waals surface area contributed by atoms with Crippen LogP contribution in [0, 0.1) is 0 Å². The first-order valence-corrected chi connectivity index (χ1v) is 12.5. The van der Waals surface area contributed by atoms with E-state index in [1.54, 1.807) is 24.3 Å². The van der Waals surface area contributed by atoms with Crippen LogP contribution >= 0.6 is 0 Å². The standard InChI is InChI=1S/C28H33BN2O6/c1-27(2)28(3,4)37-29(36-27)23(17-11-14-19-12-7-6-8-13-19)30-24(32)22(18-35-5)31-25(33)20-15-9-10-16-21(20)26(31)34/h6-10,12-13,15-16,18,23H,11,14,17H2,1-5H3,(H,30,32)/t23-/m0/s1. The molecule has 4 rings (SSSR count). The summed E-state index contributed by atoms with van der Waals surface area (Å²) in [6.07, 6.45) is 3.24. The second-order valence-electron chi connectivity index (χ2n) is 10.3. The van der Waals surface area contributed by atoms with Crippen molar-refractivity contribution in [3.63, 3.8) is 0 Å². The lowest BCUT2D eigenvalue weighted by molar-refractivity contribution is -0.119. The van der Waals surface area contributed by atoms with E-state index in [1.807, 2.05) is 45.9 Å². The number of nitrogens with zero attached hydrogens (tertiary/aromatic N) is 1. The van der Waals surface area contributed by atoms with Gasteiger partial charge in [-0.05, 0) is 64.7 Å². The maximum absolute atomic E-state index is 13.6. The van der Waals surface area contributed by atoms with Crippen LogP contribution in [0.4, 0.5) is 0 Å². The van der Waals surface area contributed by atoms with Crippen LogP contribution in [-0.2, 0) is 25.3 Å². The van der Waals surface area contributed by atoms with Gasteiger partial charge in [0.2, 0.25) is 0 Å². The Kier molecular flexibility index (Phi) is 7.57. The number of methoxy groups -OCH3 is 1. The number of nitrogens with one attached hydrogen (secondary N) is 1. The van der Waals surface area contributed by atoms with Crippen molar-refractivity contribution in [1.29, 1.82) is 0 Å². The molecule has 9 heteroatoms. The Morgan fingerprint density at radius 1 is 0.973 bits per heavy atom. The van der Waals surface area contributed by atoms with Crippen molar-refractivity contribution in [3.05, 3.63) is 83.2 Å². The summed E-state index contributed by atoms with van der Waals surface area (Å²) in [4.78, 5) is 40.5. The highest BCUT2D eigenvalue weighted by Gasteiger charge is 2.54. The van der Waals surface area contributed by atoms with Crippen LogP contribution < -0.4 is 5.32 Å². The van der Waals surface area contributed by atoms with E-state index in [4.69, 9.17) is 14.0 Å². The molecule has 1 fully saturated rings. The predicted octanol–water partition coefficient (Wildman–Crippen LogP) is 3.91. The first-order chi connectivity index (χ1) is 17.6. The number of aryl methyl sites for hydroxylation is 1. The number of fused-ring (bicyclic) bond motifs is 1. The first kappa shape index (κ1) is 26.6. The minimum absolute atomic E-state index is 0.196. The molecule has 2 aliphatic rings. The van der Waals surface area contributed by atoms with Gasteiger partial charge in [0.05, 0.1) is 35.4 Å². The number of hydrogen-bond acceptors (Lipinski definition) is 6. The lowest BCUT2D eigenvalue weighted by atomic mass is 9.75. The number of rotatable bonds is 9. The minimum Gasteiger partial charge on any atom is -0.502 e. The van der Waals surface area contributed by atoms with Crippen molar-refractivity contribution < 1.29 is 28.4 Å². The molecule has 1 atom stereocenters. The van der Waals surface area contributed by atoms with Gasteiger partial charge in [0, 0.05) is 0 Å². The zero-order valence-electron chi connectivity index (χ0n) is 21.9. The van der Waals surface area contributed by atoms with Gasteiger partial charge in [-0.15, -0.1) is 0 Å². The molecule has 2 heterocycles. The molecule has 0 bridgehead atoms. The number of benzene rings is 2. The summed E-state index contributed by atoms with van der Waals surface area (Å²) in [5.74, 6) is -2.31. The maximum atomic E-state index is 13.6. The van der Waals surface area contributed by atoms with Crippen LogP contribution in [0.2, 0.25) is 0 Å². The van der Waals surface area contributed by atoms with Crippen LogP contribution in [0.1, 0.15) is 66.8 Å². The summed E-state index contributed by atoms with van der Waals surface area (Å²) < 4.78 is 17.6. The zero-order valence-corrected chi connectivity index (χ0v) is 21.9. The Balaban J connectivity index is 1.55. The van der Waals surface area contributed by atoms with E-state index in [-0.39, 0.29) is 16.8 Å². The van der Waals surface area contributed by atoms with E-state index >= 15 is 0 Å². The molecule has 0 radical (unpaired) electrons. The van der Waals surface area contributed by atoms with Crippen molar-refractivity contribution in [2.45, 2.75) is 64.1 Å². The van der Waals surface area contributed by atoms with Gasteiger partial charge >= 0.3 is 7.12 Å². The third kappa shape index (κ3) is 5.33. The molecule has 1 saturated heterocycles. The SMILES string of the molecule is COC=C(C(=O)N[C@@H](CCCc1ccccc1)B1OC(C)(C)C(C)(C)O1)N1C(=O)c2ccccc2C1=O. The average molecular weight is 504 g/mol. The highest BCUT2D eigenvalue weighted by molar-refractivity contribution is 6.48. The van der Waals surface area contributed by atoms with Gasteiger partial charge in [0.25, 0.3) is 17.7 Å². The first-order valence-electron chi connectivity index (χ1n) is 12.5. The lowest BCUT2D eigenvalue weighted by Gasteiger charge is -2.32. The second-order valence-corrected chi connectivity index (χ2v) is 10.3. The highest BCUT2D eigenvalue weighted by Crippen LogP contribution is 2.38. The minimum atomic E-state index is -0.712. The van der Waals surface area contributed by atoms with E-state index in [9.17, 15) is 14.4 Å². The molecule has 0 spiro atoms. The third-order valence-corrected chi connectivity index (χ3v) is 7.24. The van der Waals surface area contributed by atoms with Gasteiger partial charge in [0.15, 0.2) is 5.70 Å². The number of imide groups is 1. The molecular weight excluding hydrogens is 471 g/mol. The number of carbonyl (C=O) groups is 3. The van der Waals surface area contributed by atoms with E-state index < -0.39 is 42.0 Å². The van der Waals surface area contributed by atoms with Gasteiger partial charge in [0.1, 0.15) is 6.26 Å². The molecule has 1 N–H and O–H groups in total. The maximum Gasteiger partial charge on any atom is 0.481 e. The van der Waals surface area contributed by atoms with Gasteiger partial charge in [-0.3, -0.25) is 14.4 Å². The van der Waals surface area contributed by atoms with Gasteiger partial charge in [-0.1, -0.05) is 42.5 Å². The normalized spacial score (nSPS) is 19.1. The van der Waals surface area contributed by atoms with E-state index in [1.165, 1.54) is 12.7 Å². The Hall–Kier alpha value is -3.43. The summed E-state index contributed by atoms with van der Waals surface area (Å²) in [5.41, 5.74) is 0.299. The van der Waals surface area contributed by atoms with Crippen molar-refractivity contribution in [3.8, 4) is 0 Å². The van der Waals surface area contributed by atoms with Crippen LogP contribution in [0.25, 0.3) is 0 Å². The Morgan fingerprint density at radius 3 is 2.05 bits per heavy atom. The highest BCUT2D eigenvalue weighted by atomic mass is 16.7. The number of carbonyl (C=O) groups excluding carboxylic acids is 3. The summed E-state index contributed by atoms with van der Waals surface area (Å²) in [6, 6.07) is 16.6. The monoisotopic (exact) mass is 504 g/mol. The molecule has 3 amide bonds. The quantitative estimate of drug-likeness (QED) is 0.241. The second kappa shape index (κ2) is 10.5. The number of amides is 3.